The molecule has 0 aromatic heterocycles. The van der Waals surface area contributed by atoms with E-state index in [2.05, 4.69) is 4.90 Å². The highest BCUT2D eigenvalue weighted by Gasteiger charge is 2.39. The quantitative estimate of drug-likeness (QED) is 0.535. The first kappa shape index (κ1) is 19.6. The lowest BCUT2D eigenvalue weighted by atomic mass is 10.0. The van der Waals surface area contributed by atoms with Crippen molar-refractivity contribution in [2.45, 2.75) is 6.04 Å². The number of nitro groups is 1. The summed E-state index contributed by atoms with van der Waals surface area (Å²) in [4.78, 5) is 13.1. The number of halogens is 2. The van der Waals surface area contributed by atoms with Crippen LogP contribution in [0.25, 0.3) is 0 Å². The third-order valence-corrected chi connectivity index (χ3v) is 5.02. The van der Waals surface area contributed by atoms with E-state index in [0.717, 1.165) is 0 Å². The van der Waals surface area contributed by atoms with Crippen molar-refractivity contribution < 1.29 is 23.5 Å². The maximum absolute atomic E-state index is 13.0. The van der Waals surface area contributed by atoms with Crippen LogP contribution >= 0.6 is 11.6 Å². The number of nitrogens with zero attached hydrogens (tertiary/aromatic N) is 2. The SMILES string of the molecule is O=[N+]([O-])c1cc(Cl)cc2c1O/C(=C/COc1ccc(F)cc1)[C@H]2N1CCOCC1. The van der Waals surface area contributed by atoms with E-state index < -0.39 is 4.92 Å². The van der Waals surface area contributed by atoms with Crippen molar-refractivity contribution in [2.75, 3.05) is 32.9 Å². The van der Waals surface area contributed by atoms with Gasteiger partial charge in [0, 0.05) is 29.7 Å². The van der Waals surface area contributed by atoms with E-state index in [1.54, 1.807) is 12.1 Å². The molecule has 2 aliphatic heterocycles. The number of hydrogen-bond donors (Lipinski definition) is 0. The highest BCUT2D eigenvalue weighted by Crippen LogP contribution is 2.49. The van der Waals surface area contributed by atoms with E-state index in [0.29, 0.717) is 43.4 Å². The number of ether oxygens (including phenoxy) is 3. The van der Waals surface area contributed by atoms with Gasteiger partial charge in [0.1, 0.15) is 23.9 Å². The molecule has 2 aromatic rings. The molecule has 0 amide bonds. The van der Waals surface area contributed by atoms with Crippen LogP contribution in [-0.2, 0) is 4.74 Å². The predicted molar refractivity (Wildman–Crippen MR) is 104 cm³/mol. The molecule has 29 heavy (non-hydrogen) atoms. The summed E-state index contributed by atoms with van der Waals surface area (Å²) in [7, 11) is 0. The summed E-state index contributed by atoms with van der Waals surface area (Å²) < 4.78 is 30.0. The fourth-order valence-electron chi connectivity index (χ4n) is 3.49. The summed E-state index contributed by atoms with van der Waals surface area (Å²) in [6, 6.07) is 8.35. The number of hydrogen-bond acceptors (Lipinski definition) is 6. The number of benzene rings is 2. The molecule has 0 N–H and O–H groups in total. The van der Waals surface area contributed by atoms with Crippen LogP contribution in [0.5, 0.6) is 11.5 Å². The summed E-state index contributed by atoms with van der Waals surface area (Å²) in [5.74, 6) is 0.899. The predicted octanol–water partition coefficient (Wildman–Crippen LogP) is 4.12. The summed E-state index contributed by atoms with van der Waals surface area (Å²) in [6.45, 7) is 2.60. The maximum Gasteiger partial charge on any atom is 0.313 e. The Labute approximate surface area is 171 Å². The lowest BCUT2D eigenvalue weighted by Crippen LogP contribution is -2.39. The lowest BCUT2D eigenvalue weighted by Gasteiger charge is -2.32. The molecule has 152 valence electrons. The Hall–Kier alpha value is -2.68. The van der Waals surface area contributed by atoms with Gasteiger partial charge in [-0.15, -0.1) is 0 Å². The molecule has 0 unspecified atom stereocenters. The largest absolute Gasteiger partial charge is 0.489 e. The molecule has 9 heteroatoms. The Morgan fingerprint density at radius 1 is 1.28 bits per heavy atom. The summed E-state index contributed by atoms with van der Waals surface area (Å²) >= 11 is 6.14. The van der Waals surface area contributed by atoms with Gasteiger partial charge in [-0.2, -0.15) is 0 Å². The fourth-order valence-corrected chi connectivity index (χ4v) is 3.71. The van der Waals surface area contributed by atoms with Crippen LogP contribution in [0, 0.1) is 15.9 Å². The van der Waals surface area contributed by atoms with Gasteiger partial charge < -0.3 is 14.2 Å². The molecule has 4 rings (SSSR count). The smallest absolute Gasteiger partial charge is 0.313 e. The van der Waals surface area contributed by atoms with E-state index in [1.807, 2.05) is 0 Å². The molecule has 0 saturated carbocycles. The van der Waals surface area contributed by atoms with Gasteiger partial charge in [-0.3, -0.25) is 15.0 Å². The molecule has 0 spiro atoms. The van der Waals surface area contributed by atoms with Crippen molar-refractivity contribution in [2.24, 2.45) is 0 Å². The Morgan fingerprint density at radius 2 is 2.00 bits per heavy atom. The average molecular weight is 421 g/mol. The normalized spacial score (nSPS) is 20.3. The van der Waals surface area contributed by atoms with E-state index >= 15 is 0 Å². The van der Waals surface area contributed by atoms with Gasteiger partial charge in [0.05, 0.1) is 24.2 Å². The number of fused-ring (bicyclic) bond motifs is 1. The standard InChI is InChI=1S/C20H18ClFN2O5/c21-13-11-16-19(23-6-9-27-10-7-23)18(29-20(16)17(12-13)24(25)26)5-8-28-15-3-1-14(22)2-4-15/h1-5,11-12,19H,6-10H2/b18-5+/t19-/m0/s1. The van der Waals surface area contributed by atoms with Crippen molar-refractivity contribution >= 4 is 17.3 Å². The van der Waals surface area contributed by atoms with Gasteiger partial charge in [0.25, 0.3) is 0 Å². The number of morpholine rings is 1. The van der Waals surface area contributed by atoms with Crippen molar-refractivity contribution in [3.8, 4) is 11.5 Å². The summed E-state index contributed by atoms with van der Waals surface area (Å²) in [5, 5.41) is 11.8. The van der Waals surface area contributed by atoms with E-state index in [1.165, 1.54) is 30.3 Å². The molecule has 1 atom stereocenters. The van der Waals surface area contributed by atoms with Crippen LogP contribution in [0.4, 0.5) is 10.1 Å². The molecule has 1 saturated heterocycles. The van der Waals surface area contributed by atoms with Crippen molar-refractivity contribution in [3.05, 3.63) is 74.8 Å². The van der Waals surface area contributed by atoms with Crippen LogP contribution in [0.2, 0.25) is 5.02 Å². The molecule has 2 aliphatic rings. The van der Waals surface area contributed by atoms with E-state index in [-0.39, 0.29) is 34.9 Å². The molecule has 0 aliphatic carbocycles. The number of rotatable bonds is 5. The minimum Gasteiger partial charge on any atom is -0.489 e. The zero-order chi connectivity index (χ0) is 20.4. The van der Waals surface area contributed by atoms with Gasteiger partial charge in [-0.1, -0.05) is 11.6 Å². The van der Waals surface area contributed by atoms with Gasteiger partial charge in [-0.05, 0) is 36.4 Å². The zero-order valence-electron chi connectivity index (χ0n) is 15.3. The Balaban J connectivity index is 1.63. The fraction of sp³-hybridized carbons (Fsp3) is 0.300. The Bertz CT molecular complexity index is 945. The van der Waals surface area contributed by atoms with Gasteiger partial charge in [0.2, 0.25) is 5.75 Å². The maximum atomic E-state index is 13.0. The van der Waals surface area contributed by atoms with Crippen LogP contribution in [0.15, 0.2) is 48.2 Å². The molecule has 1 fully saturated rings. The summed E-state index contributed by atoms with van der Waals surface area (Å²) in [6.07, 6.45) is 1.74. The molecule has 2 aromatic carbocycles. The Kier molecular flexibility index (Phi) is 5.66. The van der Waals surface area contributed by atoms with Crippen LogP contribution in [-0.4, -0.2) is 42.7 Å². The first-order valence-electron chi connectivity index (χ1n) is 9.09. The first-order chi connectivity index (χ1) is 14.0. The molecule has 0 bridgehead atoms. The minimum absolute atomic E-state index is 0.164. The van der Waals surface area contributed by atoms with Crippen LogP contribution in [0.3, 0.4) is 0 Å². The van der Waals surface area contributed by atoms with Crippen molar-refractivity contribution in [1.29, 1.82) is 0 Å². The molecular weight excluding hydrogens is 403 g/mol. The van der Waals surface area contributed by atoms with Crippen LogP contribution in [0.1, 0.15) is 11.6 Å². The highest BCUT2D eigenvalue weighted by molar-refractivity contribution is 6.31. The monoisotopic (exact) mass is 420 g/mol. The molecular formula is C20H18ClFN2O5. The minimum atomic E-state index is -0.501. The third-order valence-electron chi connectivity index (χ3n) is 4.80. The Morgan fingerprint density at radius 3 is 2.69 bits per heavy atom. The average Bonchev–Trinajstić information content (AvgIpc) is 3.07. The number of nitro benzene ring substituents is 1. The van der Waals surface area contributed by atoms with Crippen molar-refractivity contribution in [1.82, 2.24) is 4.90 Å². The second kappa shape index (κ2) is 8.36. The summed E-state index contributed by atoms with van der Waals surface area (Å²) in [5.41, 5.74) is 0.479. The lowest BCUT2D eigenvalue weighted by molar-refractivity contribution is -0.385. The topological polar surface area (TPSA) is 74.1 Å². The van der Waals surface area contributed by atoms with Gasteiger partial charge in [-0.25, -0.2) is 4.39 Å². The van der Waals surface area contributed by atoms with Gasteiger partial charge in [0.15, 0.2) is 0 Å². The molecule has 2 heterocycles. The zero-order valence-corrected chi connectivity index (χ0v) is 16.1. The van der Waals surface area contributed by atoms with Gasteiger partial charge >= 0.3 is 5.69 Å². The van der Waals surface area contributed by atoms with E-state index in [4.69, 9.17) is 25.8 Å². The van der Waals surface area contributed by atoms with Crippen LogP contribution < -0.4 is 9.47 Å². The van der Waals surface area contributed by atoms with Crippen molar-refractivity contribution in [3.63, 3.8) is 0 Å². The second-order valence-electron chi connectivity index (χ2n) is 6.62. The molecule has 0 radical (unpaired) electrons. The highest BCUT2D eigenvalue weighted by atomic mass is 35.5. The molecule has 7 nitrogen and oxygen atoms in total. The van der Waals surface area contributed by atoms with E-state index in [9.17, 15) is 14.5 Å². The second-order valence-corrected chi connectivity index (χ2v) is 7.06. The third kappa shape index (κ3) is 4.19. The first-order valence-corrected chi connectivity index (χ1v) is 9.46.